The van der Waals surface area contributed by atoms with Crippen LogP contribution in [-0.4, -0.2) is 22.3 Å². The van der Waals surface area contributed by atoms with E-state index in [1.807, 2.05) is 26.8 Å². The molecule has 2 N–H and O–H groups in total. The van der Waals surface area contributed by atoms with Crippen molar-refractivity contribution in [2.24, 2.45) is 5.92 Å². The molecule has 2 atom stereocenters. The number of pyridine rings is 1. The maximum Gasteiger partial charge on any atom is 0.251 e. The lowest BCUT2D eigenvalue weighted by molar-refractivity contribution is -0.136. The van der Waals surface area contributed by atoms with Gasteiger partial charge in [0.1, 0.15) is 5.54 Å². The second-order valence-electron chi connectivity index (χ2n) is 7.15. The molecule has 23 heavy (non-hydrogen) atoms. The van der Waals surface area contributed by atoms with Crippen molar-refractivity contribution in [2.75, 3.05) is 0 Å². The van der Waals surface area contributed by atoms with Crippen LogP contribution in [0, 0.1) is 5.92 Å². The molecule has 0 radical (unpaired) electrons. The van der Waals surface area contributed by atoms with Gasteiger partial charge in [-0.3, -0.25) is 14.6 Å². The molecular formula is C18H25N3O2. The Hall–Kier alpha value is -2.17. The summed E-state index contributed by atoms with van der Waals surface area (Å²) in [5.41, 5.74) is 0.330. The van der Waals surface area contributed by atoms with Gasteiger partial charge in [0.05, 0.1) is 0 Å². The third-order valence-electron chi connectivity index (χ3n) is 4.09. The summed E-state index contributed by atoms with van der Waals surface area (Å²) in [6.45, 7) is 11.0. The summed E-state index contributed by atoms with van der Waals surface area (Å²) in [6, 6.07) is 1.92. The predicted octanol–water partition coefficient (Wildman–Crippen LogP) is 2.08. The molecule has 1 heterocycles. The molecule has 0 saturated carbocycles. The summed E-state index contributed by atoms with van der Waals surface area (Å²) in [4.78, 5) is 29.3. The fourth-order valence-electron chi connectivity index (χ4n) is 3.31. The van der Waals surface area contributed by atoms with E-state index in [2.05, 4.69) is 22.2 Å². The molecule has 0 bridgehead atoms. The zero-order chi connectivity index (χ0) is 17.3. The van der Waals surface area contributed by atoms with Gasteiger partial charge in [-0.15, -0.1) is 6.58 Å². The van der Waals surface area contributed by atoms with Crippen LogP contribution in [0.2, 0.25) is 0 Å². The van der Waals surface area contributed by atoms with Crippen molar-refractivity contribution in [3.63, 3.8) is 0 Å². The number of nitrogens with zero attached hydrogens (tertiary/aromatic N) is 1. The number of allylic oxidation sites excluding steroid dienone is 1. The first-order chi connectivity index (χ1) is 10.7. The molecule has 2 rings (SSSR count). The van der Waals surface area contributed by atoms with Crippen LogP contribution in [0.3, 0.4) is 0 Å². The maximum atomic E-state index is 13.2. The van der Waals surface area contributed by atoms with Crippen LogP contribution in [0.4, 0.5) is 0 Å². The molecule has 0 saturated heterocycles. The fourth-order valence-corrected chi connectivity index (χ4v) is 3.31. The minimum absolute atomic E-state index is 0.0783. The molecule has 0 aromatic carbocycles. The van der Waals surface area contributed by atoms with Crippen molar-refractivity contribution in [2.45, 2.75) is 51.6 Å². The first-order valence-electron chi connectivity index (χ1n) is 7.86. The third kappa shape index (κ3) is 3.28. The molecular weight excluding hydrogens is 290 g/mol. The van der Waals surface area contributed by atoms with Crippen LogP contribution in [0.15, 0.2) is 31.1 Å². The highest BCUT2D eigenvalue weighted by molar-refractivity contribution is 5.94. The van der Waals surface area contributed by atoms with Crippen LogP contribution in [-0.2, 0) is 21.5 Å². The largest absolute Gasteiger partial charge is 0.349 e. The molecule has 1 aliphatic rings. The van der Waals surface area contributed by atoms with E-state index in [0.717, 1.165) is 11.1 Å². The number of rotatable bonds is 4. The lowest BCUT2D eigenvalue weighted by Crippen LogP contribution is -2.61. The molecule has 2 unspecified atom stereocenters. The minimum Gasteiger partial charge on any atom is -0.349 e. The highest BCUT2D eigenvalue weighted by Crippen LogP contribution is 2.43. The first kappa shape index (κ1) is 17.2. The van der Waals surface area contributed by atoms with E-state index in [1.165, 1.54) is 6.92 Å². The van der Waals surface area contributed by atoms with Crippen LogP contribution in [0.1, 0.15) is 45.2 Å². The van der Waals surface area contributed by atoms with Gasteiger partial charge in [-0.1, -0.05) is 6.08 Å². The van der Waals surface area contributed by atoms with Gasteiger partial charge >= 0.3 is 0 Å². The van der Waals surface area contributed by atoms with E-state index in [9.17, 15) is 9.59 Å². The summed E-state index contributed by atoms with van der Waals surface area (Å²) in [5, 5.41) is 5.95. The highest BCUT2D eigenvalue weighted by Gasteiger charge is 2.53. The second kappa shape index (κ2) is 6.14. The van der Waals surface area contributed by atoms with Gasteiger partial charge in [-0.2, -0.15) is 0 Å². The van der Waals surface area contributed by atoms with Crippen molar-refractivity contribution in [3.05, 3.63) is 42.2 Å². The van der Waals surface area contributed by atoms with Crippen molar-refractivity contribution >= 4 is 11.8 Å². The molecule has 5 nitrogen and oxygen atoms in total. The van der Waals surface area contributed by atoms with Crippen LogP contribution in [0.25, 0.3) is 0 Å². The summed E-state index contributed by atoms with van der Waals surface area (Å²) < 4.78 is 0. The first-order valence-corrected chi connectivity index (χ1v) is 7.86. The predicted molar refractivity (Wildman–Crippen MR) is 89.6 cm³/mol. The number of aromatic nitrogens is 1. The Balaban J connectivity index is 2.58. The van der Waals surface area contributed by atoms with Gasteiger partial charge in [-0.05, 0) is 45.2 Å². The number of carbonyl (C=O) groups excluding carboxylic acids is 2. The number of hydrogen-bond donors (Lipinski definition) is 2. The Bertz CT molecular complexity index is 633. The molecule has 2 amide bonds. The molecule has 1 aliphatic carbocycles. The van der Waals surface area contributed by atoms with Crippen LogP contribution in [0.5, 0.6) is 0 Å². The Labute approximate surface area is 137 Å². The number of hydrogen-bond acceptors (Lipinski definition) is 3. The standard InChI is InChI=1S/C18H25N3O2/c1-6-7-14-10-13-8-9-19-11-15(13)18(14,20-12(2)22)16(23)21-17(3,4)5/h6,8-9,11,14H,1,7,10H2,2-5H3,(H,20,22)(H,21,23). The SMILES string of the molecule is C=CCC1Cc2ccncc2C1(NC(C)=O)C(=O)NC(C)(C)C. The van der Waals surface area contributed by atoms with Gasteiger partial charge in [0.2, 0.25) is 5.91 Å². The Morgan fingerprint density at radius 2 is 2.17 bits per heavy atom. The van der Waals surface area contributed by atoms with Crippen molar-refractivity contribution in [3.8, 4) is 0 Å². The zero-order valence-corrected chi connectivity index (χ0v) is 14.3. The van der Waals surface area contributed by atoms with Crippen molar-refractivity contribution < 1.29 is 9.59 Å². The summed E-state index contributed by atoms with van der Waals surface area (Å²) in [7, 11) is 0. The molecule has 1 aromatic heterocycles. The number of amides is 2. The van der Waals surface area contributed by atoms with Crippen molar-refractivity contribution in [1.82, 2.24) is 15.6 Å². The normalized spacial score (nSPS) is 23.0. The Morgan fingerprint density at radius 3 is 2.74 bits per heavy atom. The van der Waals surface area contributed by atoms with E-state index in [4.69, 9.17) is 0 Å². The fraction of sp³-hybridized carbons (Fsp3) is 0.500. The van der Waals surface area contributed by atoms with Gasteiger partial charge < -0.3 is 10.6 Å². The van der Waals surface area contributed by atoms with Gasteiger partial charge in [0, 0.05) is 36.3 Å². The Kier molecular flexibility index (Phi) is 4.59. The quantitative estimate of drug-likeness (QED) is 0.836. The number of fused-ring (bicyclic) bond motifs is 1. The molecule has 124 valence electrons. The van der Waals surface area contributed by atoms with Gasteiger partial charge in [-0.25, -0.2) is 0 Å². The number of nitrogens with one attached hydrogen (secondary N) is 2. The van der Waals surface area contributed by atoms with E-state index < -0.39 is 11.1 Å². The van der Waals surface area contributed by atoms with E-state index in [1.54, 1.807) is 18.5 Å². The lowest BCUT2D eigenvalue weighted by Gasteiger charge is -2.37. The summed E-state index contributed by atoms with van der Waals surface area (Å²) in [5.74, 6) is -0.510. The summed E-state index contributed by atoms with van der Waals surface area (Å²) >= 11 is 0. The van der Waals surface area contributed by atoms with Gasteiger partial charge in [0.15, 0.2) is 0 Å². The van der Waals surface area contributed by atoms with Crippen LogP contribution < -0.4 is 10.6 Å². The third-order valence-corrected chi connectivity index (χ3v) is 4.09. The Morgan fingerprint density at radius 1 is 1.48 bits per heavy atom. The van der Waals surface area contributed by atoms with Crippen molar-refractivity contribution in [1.29, 1.82) is 0 Å². The molecule has 0 spiro atoms. The zero-order valence-electron chi connectivity index (χ0n) is 14.3. The average molecular weight is 315 g/mol. The second-order valence-corrected chi connectivity index (χ2v) is 7.15. The molecule has 5 heteroatoms. The van der Waals surface area contributed by atoms with Crippen LogP contribution >= 0.6 is 0 Å². The molecule has 0 aliphatic heterocycles. The monoisotopic (exact) mass is 315 g/mol. The van der Waals surface area contributed by atoms with E-state index in [-0.39, 0.29) is 17.7 Å². The van der Waals surface area contributed by atoms with Gasteiger partial charge in [0.25, 0.3) is 5.91 Å². The highest BCUT2D eigenvalue weighted by atomic mass is 16.2. The minimum atomic E-state index is -1.10. The maximum absolute atomic E-state index is 13.2. The van der Waals surface area contributed by atoms with E-state index in [0.29, 0.717) is 12.8 Å². The number of carbonyl (C=O) groups is 2. The lowest BCUT2D eigenvalue weighted by atomic mass is 9.80. The average Bonchev–Trinajstić information content (AvgIpc) is 2.72. The molecule has 1 aromatic rings. The van der Waals surface area contributed by atoms with E-state index >= 15 is 0 Å². The summed E-state index contributed by atoms with van der Waals surface area (Å²) in [6.07, 6.45) is 6.55. The topological polar surface area (TPSA) is 71.1 Å². The smallest absolute Gasteiger partial charge is 0.251 e. The molecule has 0 fully saturated rings.